The van der Waals surface area contributed by atoms with E-state index in [4.69, 9.17) is 10.1 Å². The second-order valence-corrected chi connectivity index (χ2v) is 9.58. The first kappa shape index (κ1) is 18.4. The molecule has 0 aromatic carbocycles. The highest BCUT2D eigenvalue weighted by molar-refractivity contribution is 5.69. The third-order valence-corrected chi connectivity index (χ3v) is 7.94. The summed E-state index contributed by atoms with van der Waals surface area (Å²) in [6.07, 6.45) is 20.8. The molecule has 2 unspecified atom stereocenters. The summed E-state index contributed by atoms with van der Waals surface area (Å²) >= 11 is 0. The molecule has 3 fully saturated rings. The van der Waals surface area contributed by atoms with Crippen LogP contribution in [0.4, 0.5) is 11.5 Å². The first-order chi connectivity index (χ1) is 14.8. The molecule has 0 bridgehead atoms. The molecule has 2 N–H and O–H groups in total. The molecule has 3 aromatic rings. The lowest BCUT2D eigenvalue weighted by molar-refractivity contribution is 0.202. The predicted molar refractivity (Wildman–Crippen MR) is 115 cm³/mol. The number of nitrogens with one attached hydrogen (secondary N) is 1. The Kier molecular flexibility index (Phi) is 4.33. The van der Waals surface area contributed by atoms with Crippen molar-refractivity contribution in [3.05, 3.63) is 36.7 Å². The molecule has 0 spiro atoms. The van der Waals surface area contributed by atoms with Gasteiger partial charge in [0.25, 0.3) is 0 Å². The molecule has 3 aliphatic carbocycles. The van der Waals surface area contributed by atoms with Crippen molar-refractivity contribution in [1.82, 2.24) is 24.1 Å². The lowest BCUT2D eigenvalue weighted by Gasteiger charge is -2.28. The van der Waals surface area contributed by atoms with Crippen LogP contribution in [0.5, 0.6) is 0 Å². The molecule has 0 amide bonds. The summed E-state index contributed by atoms with van der Waals surface area (Å²) in [4.78, 5) is 9.40. The molecule has 2 atom stereocenters. The van der Waals surface area contributed by atoms with Gasteiger partial charge in [-0.3, -0.25) is 9.08 Å². The number of aliphatic hydroxyl groups excluding tert-OH is 1. The van der Waals surface area contributed by atoms with Crippen molar-refractivity contribution in [1.29, 1.82) is 0 Å². The third kappa shape index (κ3) is 2.94. The zero-order valence-electron chi connectivity index (χ0n) is 17.4. The van der Waals surface area contributed by atoms with Crippen molar-refractivity contribution in [3.63, 3.8) is 0 Å². The van der Waals surface area contributed by atoms with Gasteiger partial charge >= 0.3 is 0 Å². The smallest absolute Gasteiger partial charge is 0.180 e. The molecule has 0 saturated heterocycles. The molecular formula is C23H30N6O. The van der Waals surface area contributed by atoms with Crippen LogP contribution in [0.25, 0.3) is 5.65 Å². The molecule has 7 heteroatoms. The van der Waals surface area contributed by atoms with Crippen LogP contribution in [-0.4, -0.2) is 35.9 Å². The maximum Gasteiger partial charge on any atom is 0.180 e. The summed E-state index contributed by atoms with van der Waals surface area (Å²) in [7, 11) is 0. The molecule has 3 aromatic heterocycles. The molecule has 6 rings (SSSR count). The highest BCUT2D eigenvalue weighted by Gasteiger charge is 2.59. The van der Waals surface area contributed by atoms with E-state index in [2.05, 4.69) is 43.1 Å². The van der Waals surface area contributed by atoms with Gasteiger partial charge in [-0.15, -0.1) is 0 Å². The minimum atomic E-state index is 0.307. The van der Waals surface area contributed by atoms with Gasteiger partial charge in [0.1, 0.15) is 0 Å². The van der Waals surface area contributed by atoms with Crippen molar-refractivity contribution in [2.75, 3.05) is 11.9 Å². The number of aromatic nitrogens is 5. The number of hydrogen-bond donors (Lipinski definition) is 2. The minimum Gasteiger partial charge on any atom is -0.396 e. The Hall–Kier alpha value is -2.41. The van der Waals surface area contributed by atoms with Gasteiger partial charge in [0.2, 0.25) is 0 Å². The van der Waals surface area contributed by atoms with E-state index in [1.54, 1.807) is 0 Å². The van der Waals surface area contributed by atoms with Crippen LogP contribution in [0.2, 0.25) is 0 Å². The van der Waals surface area contributed by atoms with Gasteiger partial charge in [-0.05, 0) is 63.2 Å². The van der Waals surface area contributed by atoms with Gasteiger partial charge in [0, 0.05) is 42.5 Å². The summed E-state index contributed by atoms with van der Waals surface area (Å²) < 4.78 is 4.34. The molecule has 3 aliphatic rings. The quantitative estimate of drug-likeness (QED) is 0.640. The van der Waals surface area contributed by atoms with E-state index >= 15 is 0 Å². The Morgan fingerprint density at radius 2 is 2.03 bits per heavy atom. The predicted octanol–water partition coefficient (Wildman–Crippen LogP) is 4.22. The lowest BCUT2D eigenvalue weighted by Crippen LogP contribution is -2.19. The van der Waals surface area contributed by atoms with Crippen molar-refractivity contribution in [3.8, 4) is 0 Å². The van der Waals surface area contributed by atoms with E-state index in [1.165, 1.54) is 44.2 Å². The number of nitrogens with zero attached hydrogens (tertiary/aromatic N) is 5. The van der Waals surface area contributed by atoms with Crippen LogP contribution < -0.4 is 5.32 Å². The van der Waals surface area contributed by atoms with Crippen LogP contribution in [0.3, 0.4) is 0 Å². The third-order valence-electron chi connectivity index (χ3n) is 7.94. The Bertz CT molecular complexity index is 1050. The minimum absolute atomic E-state index is 0.307. The van der Waals surface area contributed by atoms with Crippen LogP contribution in [0.15, 0.2) is 31.0 Å². The van der Waals surface area contributed by atoms with Crippen LogP contribution in [0, 0.1) is 11.8 Å². The summed E-state index contributed by atoms with van der Waals surface area (Å²) in [6, 6.07) is 0.450. The molecule has 30 heavy (non-hydrogen) atoms. The zero-order chi connectivity index (χ0) is 20.1. The number of hydrogen-bond acceptors (Lipinski definition) is 5. The summed E-state index contributed by atoms with van der Waals surface area (Å²) in [6.45, 7) is 0.307. The van der Waals surface area contributed by atoms with Crippen LogP contribution in [0.1, 0.15) is 69.5 Å². The molecule has 3 heterocycles. The monoisotopic (exact) mass is 406 g/mol. The van der Waals surface area contributed by atoms with Gasteiger partial charge < -0.3 is 10.4 Å². The number of anilines is 2. The Balaban J connectivity index is 1.20. The normalized spacial score (nSPS) is 30.5. The average molecular weight is 407 g/mol. The number of fused-ring (bicyclic) bond motifs is 2. The van der Waals surface area contributed by atoms with Crippen molar-refractivity contribution < 1.29 is 5.11 Å². The topological polar surface area (TPSA) is 80.3 Å². The molecule has 3 saturated carbocycles. The molecular weight excluding hydrogens is 376 g/mol. The van der Waals surface area contributed by atoms with Gasteiger partial charge in [0.15, 0.2) is 11.5 Å². The first-order valence-corrected chi connectivity index (χ1v) is 11.5. The number of rotatable bonds is 6. The highest BCUT2D eigenvalue weighted by atomic mass is 16.3. The number of imidazole rings is 1. The van der Waals surface area contributed by atoms with E-state index < -0.39 is 0 Å². The van der Waals surface area contributed by atoms with E-state index in [0.717, 1.165) is 42.3 Å². The van der Waals surface area contributed by atoms with Crippen LogP contribution >= 0.6 is 0 Å². The molecule has 0 aliphatic heterocycles. The zero-order valence-corrected chi connectivity index (χ0v) is 17.4. The van der Waals surface area contributed by atoms with Crippen molar-refractivity contribution in [2.45, 2.75) is 69.2 Å². The molecule has 0 radical (unpaired) electrons. The Morgan fingerprint density at radius 1 is 1.13 bits per heavy atom. The van der Waals surface area contributed by atoms with E-state index in [0.29, 0.717) is 24.0 Å². The van der Waals surface area contributed by atoms with Crippen molar-refractivity contribution >= 4 is 17.2 Å². The fourth-order valence-electron chi connectivity index (χ4n) is 6.17. The van der Waals surface area contributed by atoms with E-state index in [9.17, 15) is 0 Å². The Morgan fingerprint density at radius 3 is 2.80 bits per heavy atom. The molecule has 7 nitrogen and oxygen atoms in total. The SMILES string of the molecule is OCCC1CCC(n2cc(Nc3ncc(C45CCCC4C5)n4ccnc34)cn2)CC1. The maximum atomic E-state index is 9.16. The van der Waals surface area contributed by atoms with Gasteiger partial charge in [-0.1, -0.05) is 6.42 Å². The number of aliphatic hydroxyl groups is 1. The fraction of sp³-hybridized carbons (Fsp3) is 0.609. The summed E-state index contributed by atoms with van der Waals surface area (Å²) in [5.41, 5.74) is 3.54. The maximum absolute atomic E-state index is 9.16. The largest absolute Gasteiger partial charge is 0.396 e. The standard InChI is InChI=1S/C23H30N6O/c30-11-7-16-3-5-19(6-4-16)29-15-18(13-26-29)27-21-22-24-9-10-28(22)20(14-25-21)23-8-1-2-17(23)12-23/h9-10,13-17,19,30H,1-8,11-12H2,(H,25,27). The second kappa shape index (κ2) is 7.08. The molecule has 158 valence electrons. The highest BCUT2D eigenvalue weighted by Crippen LogP contribution is 2.64. The van der Waals surface area contributed by atoms with Gasteiger partial charge in [-0.25, -0.2) is 9.97 Å². The van der Waals surface area contributed by atoms with Gasteiger partial charge in [0.05, 0.1) is 17.9 Å². The fourth-order valence-corrected chi connectivity index (χ4v) is 6.17. The second-order valence-electron chi connectivity index (χ2n) is 9.58. The van der Waals surface area contributed by atoms with Gasteiger partial charge in [-0.2, -0.15) is 5.10 Å². The lowest BCUT2D eigenvalue weighted by atomic mass is 9.84. The van der Waals surface area contributed by atoms with E-state index in [-0.39, 0.29) is 0 Å². The summed E-state index contributed by atoms with van der Waals surface area (Å²) in [5.74, 6) is 2.30. The summed E-state index contributed by atoms with van der Waals surface area (Å²) in [5, 5.41) is 17.2. The first-order valence-electron chi connectivity index (χ1n) is 11.5. The van der Waals surface area contributed by atoms with E-state index in [1.807, 2.05) is 12.4 Å². The van der Waals surface area contributed by atoms with Crippen LogP contribution in [-0.2, 0) is 5.41 Å². The van der Waals surface area contributed by atoms with Crippen molar-refractivity contribution in [2.24, 2.45) is 11.8 Å². The average Bonchev–Trinajstić information content (AvgIpc) is 3.22. The Labute approximate surface area is 176 Å².